The van der Waals surface area contributed by atoms with Crippen LogP contribution in [-0.2, 0) is 13.1 Å². The van der Waals surface area contributed by atoms with Gasteiger partial charge >= 0.3 is 11.1 Å². The summed E-state index contributed by atoms with van der Waals surface area (Å²) in [7, 11) is 1.74. The van der Waals surface area contributed by atoms with Crippen molar-refractivity contribution < 1.29 is 4.79 Å². The van der Waals surface area contributed by atoms with Crippen LogP contribution in [0.4, 0.5) is 0 Å². The van der Waals surface area contributed by atoms with Gasteiger partial charge in [0.15, 0.2) is 4.96 Å². The van der Waals surface area contributed by atoms with E-state index in [1.165, 1.54) is 4.57 Å². The number of amides is 1. The van der Waals surface area contributed by atoms with Crippen molar-refractivity contribution in [1.29, 1.82) is 0 Å². The number of thiazole rings is 1. The Balaban J connectivity index is 1.69. The third-order valence-corrected chi connectivity index (χ3v) is 5.91. The summed E-state index contributed by atoms with van der Waals surface area (Å²) in [6.45, 7) is 6.55. The minimum Gasteiger partial charge on any atom is -0.336 e. The molecular formula is C20H21N5O3S. The summed E-state index contributed by atoms with van der Waals surface area (Å²) in [6, 6.07) is 5.00. The Labute approximate surface area is 170 Å². The van der Waals surface area contributed by atoms with Crippen LogP contribution >= 0.6 is 11.3 Å². The molecule has 0 aliphatic carbocycles. The van der Waals surface area contributed by atoms with E-state index in [2.05, 4.69) is 9.97 Å². The van der Waals surface area contributed by atoms with Gasteiger partial charge in [0, 0.05) is 30.2 Å². The molecule has 0 saturated heterocycles. The van der Waals surface area contributed by atoms with Gasteiger partial charge in [-0.2, -0.15) is 0 Å². The maximum Gasteiger partial charge on any atom is 0.316 e. The first-order chi connectivity index (χ1) is 13.8. The number of aromatic amines is 1. The summed E-state index contributed by atoms with van der Waals surface area (Å²) in [5.41, 5.74) is 2.08. The first-order valence-corrected chi connectivity index (χ1v) is 10.1. The second-order valence-electron chi connectivity index (χ2n) is 7.03. The van der Waals surface area contributed by atoms with Crippen molar-refractivity contribution in [2.75, 3.05) is 7.05 Å². The smallest absolute Gasteiger partial charge is 0.316 e. The number of imidazole rings is 1. The predicted octanol–water partition coefficient (Wildman–Crippen LogP) is 2.31. The zero-order chi connectivity index (χ0) is 20.9. The fourth-order valence-electron chi connectivity index (χ4n) is 3.54. The van der Waals surface area contributed by atoms with Crippen LogP contribution in [0.3, 0.4) is 0 Å². The highest BCUT2D eigenvalue weighted by molar-refractivity contribution is 7.17. The minimum atomic E-state index is -0.692. The normalized spacial score (nSPS) is 11.4. The Morgan fingerprint density at radius 3 is 2.76 bits per heavy atom. The molecule has 1 amide bonds. The predicted molar refractivity (Wildman–Crippen MR) is 113 cm³/mol. The highest BCUT2D eigenvalue weighted by Gasteiger charge is 2.18. The lowest BCUT2D eigenvalue weighted by atomic mass is 10.1. The molecule has 0 fully saturated rings. The third kappa shape index (κ3) is 3.17. The molecule has 4 aromatic rings. The van der Waals surface area contributed by atoms with Gasteiger partial charge in [0.25, 0.3) is 5.91 Å². The molecule has 3 heterocycles. The van der Waals surface area contributed by atoms with Crippen molar-refractivity contribution in [2.24, 2.45) is 0 Å². The number of nitrogens with zero attached hydrogens (tertiary/aromatic N) is 4. The van der Waals surface area contributed by atoms with Gasteiger partial charge in [-0.1, -0.05) is 0 Å². The van der Waals surface area contributed by atoms with E-state index in [9.17, 15) is 14.4 Å². The number of carbonyl (C=O) groups excluding carboxylic acids is 1. The summed E-state index contributed by atoms with van der Waals surface area (Å²) in [6.07, 6.45) is 2.03. The molecule has 3 aromatic heterocycles. The molecule has 0 aliphatic rings. The molecule has 1 N–H and O–H groups in total. The van der Waals surface area contributed by atoms with E-state index < -0.39 is 11.1 Å². The number of hydrogen-bond acceptors (Lipinski definition) is 5. The van der Waals surface area contributed by atoms with Crippen molar-refractivity contribution in [3.63, 3.8) is 0 Å². The maximum absolute atomic E-state index is 13.0. The second kappa shape index (κ2) is 7.00. The van der Waals surface area contributed by atoms with E-state index >= 15 is 0 Å². The molecule has 1 aromatic carbocycles. The standard InChI is InChI=1S/C20H21N5O3S/c1-5-24-15-7-6-13(8-14(15)22-17(26)19(24)28)18(27)23(4)10-16-12(3)21-20-25(16)9-11(2)29-20/h6-9H,5,10H2,1-4H3,(H,22,26). The van der Waals surface area contributed by atoms with Gasteiger partial charge in [-0.05, 0) is 39.0 Å². The third-order valence-electron chi connectivity index (χ3n) is 5.01. The van der Waals surface area contributed by atoms with Gasteiger partial charge in [-0.15, -0.1) is 11.3 Å². The fraction of sp³-hybridized carbons (Fsp3) is 0.300. The van der Waals surface area contributed by atoms with Crippen LogP contribution in [0, 0.1) is 13.8 Å². The first kappa shape index (κ1) is 19.1. The summed E-state index contributed by atoms with van der Waals surface area (Å²) < 4.78 is 3.42. The Morgan fingerprint density at radius 2 is 2.03 bits per heavy atom. The van der Waals surface area contributed by atoms with E-state index in [0.29, 0.717) is 29.7 Å². The summed E-state index contributed by atoms with van der Waals surface area (Å²) in [4.78, 5) is 47.8. The van der Waals surface area contributed by atoms with E-state index in [1.54, 1.807) is 48.4 Å². The van der Waals surface area contributed by atoms with Crippen molar-refractivity contribution in [1.82, 2.24) is 23.8 Å². The van der Waals surface area contributed by atoms with Crippen LogP contribution < -0.4 is 11.1 Å². The van der Waals surface area contributed by atoms with Crippen LogP contribution in [0.2, 0.25) is 0 Å². The van der Waals surface area contributed by atoms with Gasteiger partial charge in [0.05, 0.1) is 29.0 Å². The molecule has 0 atom stereocenters. The van der Waals surface area contributed by atoms with Gasteiger partial charge in [-0.25, -0.2) is 4.98 Å². The lowest BCUT2D eigenvalue weighted by molar-refractivity contribution is 0.0783. The Kier molecular flexibility index (Phi) is 4.62. The Hall–Kier alpha value is -3.20. The van der Waals surface area contributed by atoms with Crippen LogP contribution in [-0.4, -0.2) is 36.8 Å². The molecule has 8 nitrogen and oxygen atoms in total. The van der Waals surface area contributed by atoms with Crippen molar-refractivity contribution in [3.05, 3.63) is 66.9 Å². The quantitative estimate of drug-likeness (QED) is 0.522. The molecular weight excluding hydrogens is 390 g/mol. The number of nitrogens with one attached hydrogen (secondary N) is 1. The Morgan fingerprint density at radius 1 is 1.28 bits per heavy atom. The molecule has 0 spiro atoms. The van der Waals surface area contributed by atoms with Crippen molar-refractivity contribution in [2.45, 2.75) is 33.9 Å². The summed E-state index contributed by atoms with van der Waals surface area (Å²) in [5.74, 6) is -0.178. The van der Waals surface area contributed by atoms with Crippen molar-refractivity contribution in [3.8, 4) is 0 Å². The van der Waals surface area contributed by atoms with Crippen molar-refractivity contribution >= 4 is 33.2 Å². The Bertz CT molecular complexity index is 1370. The van der Waals surface area contributed by atoms with Gasteiger partial charge in [0.2, 0.25) is 0 Å². The fourth-order valence-corrected chi connectivity index (χ4v) is 4.43. The lowest BCUT2D eigenvalue weighted by Gasteiger charge is -2.18. The van der Waals surface area contributed by atoms with Gasteiger partial charge in [-0.3, -0.25) is 18.8 Å². The number of fused-ring (bicyclic) bond motifs is 2. The van der Waals surface area contributed by atoms with Gasteiger partial charge in [0.1, 0.15) is 0 Å². The van der Waals surface area contributed by atoms with E-state index in [1.807, 2.05) is 24.4 Å². The molecule has 9 heteroatoms. The van der Waals surface area contributed by atoms with Crippen LogP contribution in [0.1, 0.15) is 33.5 Å². The lowest BCUT2D eigenvalue weighted by Crippen LogP contribution is -2.36. The zero-order valence-corrected chi connectivity index (χ0v) is 17.5. The first-order valence-electron chi connectivity index (χ1n) is 9.26. The average molecular weight is 411 g/mol. The molecule has 4 rings (SSSR count). The summed E-state index contributed by atoms with van der Waals surface area (Å²) in [5, 5.41) is 0. The molecule has 0 saturated carbocycles. The molecule has 0 radical (unpaired) electrons. The molecule has 150 valence electrons. The monoisotopic (exact) mass is 411 g/mol. The number of rotatable bonds is 4. The topological polar surface area (TPSA) is 92.5 Å². The van der Waals surface area contributed by atoms with E-state index in [4.69, 9.17) is 0 Å². The highest BCUT2D eigenvalue weighted by Crippen LogP contribution is 2.22. The minimum absolute atomic E-state index is 0.178. The number of hydrogen-bond donors (Lipinski definition) is 1. The highest BCUT2D eigenvalue weighted by atomic mass is 32.1. The molecule has 29 heavy (non-hydrogen) atoms. The molecule has 0 bridgehead atoms. The number of benzene rings is 1. The van der Waals surface area contributed by atoms with E-state index in [-0.39, 0.29) is 5.91 Å². The molecule has 0 unspecified atom stereocenters. The SMILES string of the molecule is CCn1c(=O)c(=O)[nH]c2cc(C(=O)N(C)Cc3c(C)nc4sc(C)cn34)ccc21. The van der Waals surface area contributed by atoms with E-state index in [0.717, 1.165) is 21.2 Å². The second-order valence-corrected chi connectivity index (χ2v) is 8.25. The zero-order valence-electron chi connectivity index (χ0n) is 16.6. The number of aromatic nitrogens is 4. The summed E-state index contributed by atoms with van der Waals surface area (Å²) >= 11 is 1.61. The number of aryl methyl sites for hydroxylation is 3. The van der Waals surface area contributed by atoms with Crippen LogP contribution in [0.25, 0.3) is 16.0 Å². The average Bonchev–Trinajstić information content (AvgIpc) is 3.17. The molecule has 0 aliphatic heterocycles. The number of H-pyrrole nitrogens is 1. The van der Waals surface area contributed by atoms with Gasteiger partial charge < -0.3 is 14.5 Å². The number of carbonyl (C=O) groups is 1. The largest absolute Gasteiger partial charge is 0.336 e. The maximum atomic E-state index is 13.0. The van der Waals surface area contributed by atoms with Crippen LogP contribution in [0.15, 0.2) is 34.0 Å². The van der Waals surface area contributed by atoms with Crippen LogP contribution in [0.5, 0.6) is 0 Å².